The molecular formula is C11H9ClO. The predicted molar refractivity (Wildman–Crippen MR) is 53.4 cm³/mol. The van der Waals surface area contributed by atoms with Crippen LogP contribution in [-0.2, 0) is 4.79 Å². The first kappa shape index (κ1) is 8.52. The van der Waals surface area contributed by atoms with Crippen molar-refractivity contribution in [2.24, 2.45) is 5.92 Å². The van der Waals surface area contributed by atoms with Gasteiger partial charge in [0, 0.05) is 0 Å². The van der Waals surface area contributed by atoms with Crippen LogP contribution in [0.25, 0.3) is 5.57 Å². The molecule has 0 saturated carbocycles. The summed E-state index contributed by atoms with van der Waals surface area (Å²) < 4.78 is 0. The molecule has 66 valence electrons. The van der Waals surface area contributed by atoms with E-state index in [-0.39, 0.29) is 11.2 Å². The molecule has 0 aliphatic heterocycles. The highest BCUT2D eigenvalue weighted by Crippen LogP contribution is 2.47. The zero-order valence-corrected chi connectivity index (χ0v) is 8.01. The maximum atomic E-state index is 10.9. The third kappa shape index (κ3) is 1.40. The summed E-state index contributed by atoms with van der Waals surface area (Å²) in [6.45, 7) is 1.95. The van der Waals surface area contributed by atoms with Gasteiger partial charge in [0.25, 0.3) is 0 Å². The van der Waals surface area contributed by atoms with E-state index < -0.39 is 0 Å². The van der Waals surface area contributed by atoms with Crippen LogP contribution in [0.5, 0.6) is 0 Å². The van der Waals surface area contributed by atoms with Crippen molar-refractivity contribution >= 4 is 22.4 Å². The molecule has 0 fully saturated rings. The van der Waals surface area contributed by atoms with Gasteiger partial charge in [-0.25, -0.2) is 0 Å². The third-order valence-electron chi connectivity index (χ3n) is 2.37. The number of rotatable bonds is 2. The maximum Gasteiger partial charge on any atom is 0.233 e. The van der Waals surface area contributed by atoms with Crippen LogP contribution in [0, 0.1) is 5.92 Å². The Morgan fingerprint density at radius 3 is 2.38 bits per heavy atom. The van der Waals surface area contributed by atoms with Crippen LogP contribution in [0.2, 0.25) is 0 Å². The fourth-order valence-electron chi connectivity index (χ4n) is 1.63. The predicted octanol–water partition coefficient (Wildman–Crippen LogP) is 2.86. The monoisotopic (exact) mass is 192 g/mol. The van der Waals surface area contributed by atoms with Crippen LogP contribution < -0.4 is 0 Å². The Morgan fingerprint density at radius 2 is 1.92 bits per heavy atom. The Labute approximate surface area is 82.0 Å². The van der Waals surface area contributed by atoms with E-state index in [2.05, 4.69) is 0 Å². The number of hydrogen-bond donors (Lipinski definition) is 0. The Hall–Kier alpha value is -1.08. The van der Waals surface area contributed by atoms with E-state index in [1.165, 1.54) is 0 Å². The fourth-order valence-corrected chi connectivity index (χ4v) is 1.90. The Balaban J connectivity index is 2.27. The van der Waals surface area contributed by atoms with Crippen molar-refractivity contribution < 1.29 is 4.79 Å². The minimum absolute atomic E-state index is 0.121. The summed E-state index contributed by atoms with van der Waals surface area (Å²) in [5, 5.41) is -0.267. The fraction of sp³-hybridized carbons (Fsp3) is 0.182. The van der Waals surface area contributed by atoms with Crippen molar-refractivity contribution in [2.75, 3.05) is 0 Å². The third-order valence-corrected chi connectivity index (χ3v) is 2.59. The second-order valence-electron chi connectivity index (χ2n) is 3.20. The molecule has 1 aliphatic carbocycles. The van der Waals surface area contributed by atoms with Crippen molar-refractivity contribution in [3.05, 3.63) is 41.5 Å². The lowest BCUT2D eigenvalue weighted by Crippen LogP contribution is -1.93. The highest BCUT2D eigenvalue weighted by Gasteiger charge is 2.38. The molecule has 0 amide bonds. The molecule has 0 unspecified atom stereocenters. The molecule has 1 nitrogen and oxygen atoms in total. The van der Waals surface area contributed by atoms with Gasteiger partial charge in [0.2, 0.25) is 5.24 Å². The molecule has 0 aromatic heterocycles. The maximum absolute atomic E-state index is 10.9. The molecule has 2 rings (SSSR count). The largest absolute Gasteiger partial charge is 0.280 e. The molecule has 1 aliphatic rings. The summed E-state index contributed by atoms with van der Waals surface area (Å²) in [5.41, 5.74) is 3.31. The smallest absolute Gasteiger partial charge is 0.233 e. The first-order valence-electron chi connectivity index (χ1n) is 4.17. The molecule has 0 saturated heterocycles. The number of allylic oxidation sites excluding steroid dienone is 2. The van der Waals surface area contributed by atoms with Crippen molar-refractivity contribution in [1.29, 1.82) is 0 Å². The van der Waals surface area contributed by atoms with E-state index in [1.54, 1.807) is 0 Å². The average Bonchev–Trinajstić information content (AvgIpc) is 2.79. The minimum Gasteiger partial charge on any atom is -0.280 e. The zero-order valence-electron chi connectivity index (χ0n) is 7.25. The number of halogens is 1. The lowest BCUT2D eigenvalue weighted by Gasteiger charge is -1.94. The summed E-state index contributed by atoms with van der Waals surface area (Å²) in [4.78, 5) is 10.9. The first-order chi connectivity index (χ1) is 6.22. The average molecular weight is 193 g/mol. The van der Waals surface area contributed by atoms with Gasteiger partial charge in [-0.1, -0.05) is 35.9 Å². The van der Waals surface area contributed by atoms with Crippen molar-refractivity contribution in [3.8, 4) is 0 Å². The van der Waals surface area contributed by atoms with E-state index in [0.717, 1.165) is 16.7 Å². The highest BCUT2D eigenvalue weighted by molar-refractivity contribution is 6.66. The Morgan fingerprint density at radius 1 is 1.31 bits per heavy atom. The van der Waals surface area contributed by atoms with Crippen LogP contribution in [0.15, 0.2) is 35.9 Å². The van der Waals surface area contributed by atoms with Crippen LogP contribution in [0.1, 0.15) is 12.5 Å². The summed E-state index contributed by atoms with van der Waals surface area (Å²) >= 11 is 5.43. The molecule has 0 heterocycles. The number of carbonyl (C=O) groups is 1. The van der Waals surface area contributed by atoms with Crippen LogP contribution in [0.3, 0.4) is 0 Å². The van der Waals surface area contributed by atoms with Gasteiger partial charge in [0.15, 0.2) is 0 Å². The van der Waals surface area contributed by atoms with Gasteiger partial charge >= 0.3 is 0 Å². The molecule has 13 heavy (non-hydrogen) atoms. The summed E-state index contributed by atoms with van der Waals surface area (Å²) in [7, 11) is 0. The lowest BCUT2D eigenvalue weighted by molar-refractivity contribution is -0.112. The van der Waals surface area contributed by atoms with Gasteiger partial charge in [0.1, 0.15) is 0 Å². The topological polar surface area (TPSA) is 17.1 Å². The molecule has 1 aromatic rings. The van der Waals surface area contributed by atoms with Crippen molar-refractivity contribution in [3.63, 3.8) is 0 Å². The van der Waals surface area contributed by atoms with Gasteiger partial charge in [-0.05, 0) is 29.7 Å². The first-order valence-corrected chi connectivity index (χ1v) is 4.55. The molecule has 0 bridgehead atoms. The second-order valence-corrected chi connectivity index (χ2v) is 3.57. The van der Waals surface area contributed by atoms with Gasteiger partial charge in [-0.2, -0.15) is 0 Å². The lowest BCUT2D eigenvalue weighted by atomic mass is 10.1. The van der Waals surface area contributed by atoms with Crippen LogP contribution in [0.4, 0.5) is 0 Å². The van der Waals surface area contributed by atoms with Crippen molar-refractivity contribution in [2.45, 2.75) is 6.92 Å². The number of hydrogen-bond acceptors (Lipinski definition) is 1. The Bertz CT molecular complexity index is 378. The van der Waals surface area contributed by atoms with Gasteiger partial charge in [-0.3, -0.25) is 4.79 Å². The van der Waals surface area contributed by atoms with E-state index in [1.807, 2.05) is 37.3 Å². The summed E-state index contributed by atoms with van der Waals surface area (Å²) in [5.74, 6) is -0.121. The van der Waals surface area contributed by atoms with E-state index in [4.69, 9.17) is 11.6 Å². The normalized spacial score (nSPS) is 20.3. The van der Waals surface area contributed by atoms with E-state index in [9.17, 15) is 4.79 Å². The van der Waals surface area contributed by atoms with E-state index in [0.29, 0.717) is 0 Å². The molecule has 1 aromatic carbocycles. The highest BCUT2D eigenvalue weighted by atomic mass is 35.5. The van der Waals surface area contributed by atoms with Crippen LogP contribution >= 0.6 is 11.6 Å². The minimum atomic E-state index is -0.267. The molecular weight excluding hydrogens is 184 g/mol. The SMILES string of the molecule is CC1=C(c2ccccc2)[C@@H]1C(=O)Cl. The van der Waals surface area contributed by atoms with Crippen LogP contribution in [-0.4, -0.2) is 5.24 Å². The van der Waals surface area contributed by atoms with Gasteiger partial charge in [-0.15, -0.1) is 0 Å². The molecule has 1 atom stereocenters. The summed E-state index contributed by atoms with van der Waals surface area (Å²) in [6.07, 6.45) is 0. The van der Waals surface area contributed by atoms with Gasteiger partial charge < -0.3 is 0 Å². The number of carbonyl (C=O) groups excluding carboxylic acids is 1. The molecule has 0 spiro atoms. The number of benzene rings is 1. The standard InChI is InChI=1S/C11H9ClO/c1-7-9(10(7)11(12)13)8-5-3-2-4-6-8/h2-6,10H,1H3/t10-/m1/s1. The van der Waals surface area contributed by atoms with E-state index >= 15 is 0 Å². The van der Waals surface area contributed by atoms with Crippen molar-refractivity contribution in [1.82, 2.24) is 0 Å². The second kappa shape index (κ2) is 3.00. The Kier molecular flexibility index (Phi) is 1.97. The molecule has 2 heteroatoms. The summed E-state index contributed by atoms with van der Waals surface area (Å²) in [6, 6.07) is 9.88. The van der Waals surface area contributed by atoms with Gasteiger partial charge in [0.05, 0.1) is 5.92 Å². The zero-order chi connectivity index (χ0) is 9.42. The molecule has 0 radical (unpaired) electrons. The quantitative estimate of drug-likeness (QED) is 0.659. The molecule has 0 N–H and O–H groups in total.